The normalized spacial score (nSPS) is 41.3. The Morgan fingerprint density at radius 1 is 0.609 bits per heavy atom. The lowest BCUT2D eigenvalue weighted by Crippen LogP contribution is -2.53. The Balaban J connectivity index is 1.07. The van der Waals surface area contributed by atoms with Crippen molar-refractivity contribution in [2.24, 2.45) is 0 Å². The Morgan fingerprint density at radius 3 is 1.39 bits per heavy atom. The van der Waals surface area contributed by atoms with Gasteiger partial charge < -0.3 is 58.0 Å². The largest absolute Gasteiger partial charge is 0.348 e. The van der Waals surface area contributed by atoms with Gasteiger partial charge in [0, 0.05) is 0 Å². The summed E-state index contributed by atoms with van der Waals surface area (Å²) in [6, 6.07) is 3.37. The highest BCUT2D eigenvalue weighted by Crippen LogP contribution is 2.42. The van der Waals surface area contributed by atoms with Crippen LogP contribution in [-0.4, -0.2) is 114 Å². The molecule has 1 aromatic heterocycles. The number of nitrogens with one attached hydrogen (secondary N) is 2. The SMILES string of the molecule is CC1(C)O[C@H]2O[C@H]([C@H]3COC(C)(C)O3)[C@H](NC(=O)c3cccc(C(=O)N[C@@H]4[C@H]5OC(C)(C)O[C@H]5O[C@@H]4[C@H]4COC(C)(C)O4)n3)[C@H]2O1. The average molecular weight is 650 g/mol. The zero-order valence-electron chi connectivity index (χ0n) is 27.3. The van der Waals surface area contributed by atoms with Crippen LogP contribution in [-0.2, 0) is 47.4 Å². The molecule has 6 aliphatic rings. The highest BCUT2D eigenvalue weighted by molar-refractivity contribution is 5.96. The Kier molecular flexibility index (Phi) is 7.79. The van der Waals surface area contributed by atoms with Crippen molar-refractivity contribution in [1.29, 1.82) is 0 Å². The molecule has 46 heavy (non-hydrogen) atoms. The summed E-state index contributed by atoms with van der Waals surface area (Å²) in [5.41, 5.74) is 0.0646. The van der Waals surface area contributed by atoms with Gasteiger partial charge in [0.15, 0.2) is 35.7 Å². The Morgan fingerprint density at radius 2 is 1.02 bits per heavy atom. The first-order valence-corrected chi connectivity index (χ1v) is 15.7. The molecular weight excluding hydrogens is 606 g/mol. The van der Waals surface area contributed by atoms with Crippen molar-refractivity contribution in [2.45, 2.75) is 140 Å². The van der Waals surface area contributed by atoms with Gasteiger partial charge in [-0.25, -0.2) is 4.98 Å². The van der Waals surface area contributed by atoms with E-state index >= 15 is 0 Å². The molecule has 0 bridgehead atoms. The van der Waals surface area contributed by atoms with Crippen LogP contribution in [0.2, 0.25) is 0 Å². The zero-order chi connectivity index (χ0) is 32.8. The van der Waals surface area contributed by atoms with Crippen molar-refractivity contribution in [3.63, 3.8) is 0 Å². The van der Waals surface area contributed by atoms with Gasteiger partial charge in [-0.2, -0.15) is 0 Å². The number of pyridine rings is 1. The van der Waals surface area contributed by atoms with Gasteiger partial charge in [0.2, 0.25) is 0 Å². The maximum Gasteiger partial charge on any atom is 0.270 e. The van der Waals surface area contributed by atoms with Crippen molar-refractivity contribution in [3.05, 3.63) is 29.6 Å². The Labute approximate surface area is 267 Å². The van der Waals surface area contributed by atoms with E-state index in [9.17, 15) is 9.59 Å². The molecule has 10 atom stereocenters. The third-order valence-corrected chi connectivity index (χ3v) is 8.78. The fourth-order valence-corrected chi connectivity index (χ4v) is 6.92. The summed E-state index contributed by atoms with van der Waals surface area (Å²) in [4.78, 5) is 31.7. The molecule has 7 heterocycles. The fourth-order valence-electron chi connectivity index (χ4n) is 6.92. The van der Waals surface area contributed by atoms with Gasteiger partial charge in [0.25, 0.3) is 11.8 Å². The lowest BCUT2D eigenvalue weighted by Gasteiger charge is -2.29. The Hall–Kier alpha value is -2.31. The van der Waals surface area contributed by atoms with E-state index in [-0.39, 0.29) is 24.6 Å². The molecule has 0 aliphatic carbocycles. The maximum absolute atomic E-state index is 13.6. The van der Waals surface area contributed by atoms with Crippen LogP contribution in [0.3, 0.4) is 0 Å². The number of carbonyl (C=O) groups is 2. The topological polar surface area (TPSA) is 163 Å². The van der Waals surface area contributed by atoms with E-state index in [0.717, 1.165) is 0 Å². The molecule has 6 saturated heterocycles. The molecule has 0 spiro atoms. The highest BCUT2D eigenvalue weighted by Gasteiger charge is 2.60. The second kappa shape index (κ2) is 11.1. The third kappa shape index (κ3) is 6.18. The summed E-state index contributed by atoms with van der Waals surface area (Å²) in [5, 5.41) is 6.01. The van der Waals surface area contributed by atoms with E-state index in [1.165, 1.54) is 12.1 Å². The molecule has 254 valence electrons. The molecule has 2 amide bonds. The second-order valence-corrected chi connectivity index (χ2v) is 14.3. The minimum Gasteiger partial charge on any atom is -0.348 e. The molecule has 6 fully saturated rings. The number of carbonyl (C=O) groups excluding carboxylic acids is 2. The first-order chi connectivity index (χ1) is 21.5. The smallest absolute Gasteiger partial charge is 0.270 e. The summed E-state index contributed by atoms with van der Waals surface area (Å²) in [7, 11) is 0. The fraction of sp³-hybridized carbons (Fsp3) is 0.774. The van der Waals surface area contributed by atoms with E-state index in [2.05, 4.69) is 15.6 Å². The van der Waals surface area contributed by atoms with E-state index in [4.69, 9.17) is 47.4 Å². The molecule has 6 aliphatic heterocycles. The van der Waals surface area contributed by atoms with Crippen LogP contribution >= 0.6 is 0 Å². The maximum atomic E-state index is 13.6. The predicted octanol–water partition coefficient (Wildman–Crippen LogP) is 1.33. The Bertz CT molecular complexity index is 1270. The summed E-state index contributed by atoms with van der Waals surface area (Å²) >= 11 is 0. The zero-order valence-corrected chi connectivity index (χ0v) is 27.3. The summed E-state index contributed by atoms with van der Waals surface area (Å²) in [5.74, 6) is -4.44. The minimum absolute atomic E-state index is 0.0323. The summed E-state index contributed by atoms with van der Waals surface area (Å²) < 4.78 is 60.1. The van der Waals surface area contributed by atoms with E-state index in [0.29, 0.717) is 0 Å². The molecule has 0 radical (unpaired) electrons. The molecule has 7 rings (SSSR count). The standard InChI is InChI=1S/C31H43N3O12/c1-28(2)37-12-16(41-28)20-18(22-26(39-20)45-30(5,6)43-22)33-24(35)14-10-9-11-15(32-14)25(36)34-19-21(17-13-38-29(3,4)42-17)40-27-23(19)44-31(7,8)46-27/h9-11,16-23,26-27H,12-13H2,1-8H3,(H,33,35)(H,34,36)/t16-,17-,18+,19+,20-,21-,22-,23-,26-,27-/m1/s1. The summed E-state index contributed by atoms with van der Waals surface area (Å²) in [6.45, 7) is 14.9. The van der Waals surface area contributed by atoms with Crippen LogP contribution in [0, 0.1) is 0 Å². The van der Waals surface area contributed by atoms with Crippen molar-refractivity contribution in [2.75, 3.05) is 13.2 Å². The first-order valence-electron chi connectivity index (χ1n) is 15.7. The molecule has 0 aromatic carbocycles. The lowest BCUT2D eigenvalue weighted by molar-refractivity contribution is -0.223. The molecule has 15 nitrogen and oxygen atoms in total. The van der Waals surface area contributed by atoms with Crippen molar-refractivity contribution >= 4 is 11.8 Å². The molecule has 1 aromatic rings. The number of hydrogen-bond donors (Lipinski definition) is 2. The van der Waals surface area contributed by atoms with Gasteiger partial charge in [-0.15, -0.1) is 0 Å². The minimum atomic E-state index is -0.901. The van der Waals surface area contributed by atoms with Crippen LogP contribution in [0.1, 0.15) is 76.4 Å². The average Bonchev–Trinajstić information content (AvgIpc) is 3.77. The quantitative estimate of drug-likeness (QED) is 0.454. The van der Waals surface area contributed by atoms with Crippen molar-refractivity contribution < 1.29 is 57.0 Å². The molecule has 0 unspecified atom stereocenters. The van der Waals surface area contributed by atoms with Crippen molar-refractivity contribution in [3.8, 4) is 0 Å². The highest BCUT2D eigenvalue weighted by atomic mass is 16.9. The van der Waals surface area contributed by atoms with Crippen molar-refractivity contribution in [1.82, 2.24) is 15.6 Å². The van der Waals surface area contributed by atoms with Crippen LogP contribution in [0.4, 0.5) is 0 Å². The lowest BCUT2D eigenvalue weighted by atomic mass is 10.0. The van der Waals surface area contributed by atoms with Crippen LogP contribution < -0.4 is 10.6 Å². The third-order valence-electron chi connectivity index (χ3n) is 8.78. The number of hydrogen-bond acceptors (Lipinski definition) is 13. The van der Waals surface area contributed by atoms with E-state index < -0.39 is 96.3 Å². The van der Waals surface area contributed by atoms with E-state index in [1.807, 2.05) is 27.7 Å². The molecule has 0 saturated carbocycles. The number of fused-ring (bicyclic) bond motifs is 2. The number of aromatic nitrogens is 1. The summed E-state index contributed by atoms with van der Waals surface area (Å²) in [6.07, 6.45) is -4.77. The molecule has 15 heteroatoms. The number of nitrogens with zero attached hydrogens (tertiary/aromatic N) is 1. The van der Waals surface area contributed by atoms with Crippen LogP contribution in [0.15, 0.2) is 18.2 Å². The van der Waals surface area contributed by atoms with Crippen LogP contribution in [0.5, 0.6) is 0 Å². The monoisotopic (exact) mass is 649 g/mol. The molecular formula is C31H43N3O12. The van der Waals surface area contributed by atoms with Crippen LogP contribution in [0.25, 0.3) is 0 Å². The first kappa shape index (κ1) is 32.2. The number of rotatable bonds is 6. The van der Waals surface area contributed by atoms with Gasteiger partial charge in [0.1, 0.15) is 48.0 Å². The molecule has 2 N–H and O–H groups in total. The number of amides is 2. The predicted molar refractivity (Wildman–Crippen MR) is 154 cm³/mol. The van der Waals surface area contributed by atoms with Gasteiger partial charge in [-0.05, 0) is 67.5 Å². The van der Waals surface area contributed by atoms with E-state index in [1.54, 1.807) is 33.8 Å². The van der Waals surface area contributed by atoms with Gasteiger partial charge in [0.05, 0.1) is 25.3 Å². The van der Waals surface area contributed by atoms with Gasteiger partial charge in [-0.1, -0.05) is 6.07 Å². The van der Waals surface area contributed by atoms with Gasteiger partial charge in [-0.3, -0.25) is 9.59 Å². The number of ether oxygens (including phenoxy) is 10. The van der Waals surface area contributed by atoms with Gasteiger partial charge >= 0.3 is 0 Å². The second-order valence-electron chi connectivity index (χ2n) is 14.3.